The summed E-state index contributed by atoms with van der Waals surface area (Å²) in [5.41, 5.74) is -0.723. The lowest BCUT2D eigenvalue weighted by molar-refractivity contribution is -0.135. The molecule has 5 heteroatoms. The Morgan fingerprint density at radius 1 is 1.21 bits per heavy atom. The first-order valence-corrected chi connectivity index (χ1v) is 7.30. The quantitative estimate of drug-likeness (QED) is 0.783. The molecule has 0 aromatic heterocycles. The zero-order valence-corrected chi connectivity index (χ0v) is 12.4. The predicted octanol–water partition coefficient (Wildman–Crippen LogP) is -0.00430. The second kappa shape index (κ2) is 5.77. The van der Waals surface area contributed by atoms with E-state index in [4.69, 9.17) is 0 Å². The third-order valence-corrected chi connectivity index (χ3v) is 4.37. The van der Waals surface area contributed by atoms with Crippen LogP contribution in [0, 0.1) is 0 Å². The van der Waals surface area contributed by atoms with Crippen LogP contribution in [0.2, 0.25) is 0 Å². The van der Waals surface area contributed by atoms with Crippen LogP contribution in [-0.4, -0.2) is 83.7 Å². The van der Waals surface area contributed by atoms with Crippen molar-refractivity contribution in [2.24, 2.45) is 0 Å². The summed E-state index contributed by atoms with van der Waals surface area (Å²) in [6, 6.07) is 0.115. The highest BCUT2D eigenvalue weighted by molar-refractivity contribution is 5.78. The van der Waals surface area contributed by atoms with Crippen molar-refractivity contribution in [2.45, 2.75) is 38.3 Å². The number of carbonyl (C=O) groups excluding carboxylic acids is 1. The molecule has 2 aliphatic heterocycles. The standard InChI is InChI=1S/C14H27N3O2/c1-14(2,19)12-5-4-6-17(12)11-13(18)16-9-7-15(3)8-10-16/h12,19H,4-11H2,1-3H3. The van der Waals surface area contributed by atoms with Crippen LogP contribution < -0.4 is 0 Å². The number of nitrogens with zero attached hydrogens (tertiary/aromatic N) is 3. The van der Waals surface area contributed by atoms with E-state index in [9.17, 15) is 9.90 Å². The summed E-state index contributed by atoms with van der Waals surface area (Å²) in [6.07, 6.45) is 2.06. The zero-order chi connectivity index (χ0) is 14.0. The highest BCUT2D eigenvalue weighted by Gasteiger charge is 2.37. The summed E-state index contributed by atoms with van der Waals surface area (Å²) in [5.74, 6) is 0.212. The van der Waals surface area contributed by atoms with E-state index in [-0.39, 0.29) is 11.9 Å². The lowest BCUT2D eigenvalue weighted by atomic mass is 9.97. The number of likely N-dealkylation sites (N-methyl/N-ethyl adjacent to an activating group) is 1. The Morgan fingerprint density at radius 2 is 1.84 bits per heavy atom. The van der Waals surface area contributed by atoms with Crippen LogP contribution in [0.25, 0.3) is 0 Å². The number of aliphatic hydroxyl groups is 1. The van der Waals surface area contributed by atoms with Gasteiger partial charge in [0.1, 0.15) is 0 Å². The molecule has 1 amide bonds. The molecule has 2 saturated heterocycles. The SMILES string of the molecule is CN1CCN(C(=O)CN2CCCC2C(C)(C)O)CC1. The topological polar surface area (TPSA) is 47.0 Å². The van der Waals surface area contributed by atoms with Gasteiger partial charge in [-0.3, -0.25) is 9.69 Å². The third-order valence-electron chi connectivity index (χ3n) is 4.37. The van der Waals surface area contributed by atoms with E-state index in [1.165, 1.54) is 0 Å². The zero-order valence-electron chi connectivity index (χ0n) is 12.4. The van der Waals surface area contributed by atoms with Gasteiger partial charge in [0.25, 0.3) is 0 Å². The number of amides is 1. The van der Waals surface area contributed by atoms with Crippen molar-refractivity contribution in [3.63, 3.8) is 0 Å². The summed E-state index contributed by atoms with van der Waals surface area (Å²) in [6.45, 7) is 8.65. The largest absolute Gasteiger partial charge is 0.389 e. The molecule has 0 spiro atoms. The van der Waals surface area contributed by atoms with Gasteiger partial charge in [-0.25, -0.2) is 0 Å². The van der Waals surface area contributed by atoms with Crippen molar-refractivity contribution in [1.82, 2.24) is 14.7 Å². The van der Waals surface area contributed by atoms with Gasteiger partial charge in [-0.1, -0.05) is 0 Å². The Kier molecular flexibility index (Phi) is 4.48. The first-order chi connectivity index (χ1) is 8.88. The van der Waals surface area contributed by atoms with Gasteiger partial charge < -0.3 is 14.9 Å². The maximum Gasteiger partial charge on any atom is 0.236 e. The van der Waals surface area contributed by atoms with Crippen molar-refractivity contribution < 1.29 is 9.90 Å². The van der Waals surface area contributed by atoms with E-state index in [1.807, 2.05) is 18.7 Å². The van der Waals surface area contributed by atoms with Gasteiger partial charge in [0.2, 0.25) is 5.91 Å². The van der Waals surface area contributed by atoms with Crippen molar-refractivity contribution in [1.29, 1.82) is 0 Å². The Labute approximate surface area is 116 Å². The van der Waals surface area contributed by atoms with Crippen LogP contribution in [0.3, 0.4) is 0 Å². The molecule has 0 bridgehead atoms. The van der Waals surface area contributed by atoms with Crippen molar-refractivity contribution in [3.8, 4) is 0 Å². The smallest absolute Gasteiger partial charge is 0.236 e. The fraction of sp³-hybridized carbons (Fsp3) is 0.929. The van der Waals surface area contributed by atoms with Crippen LogP contribution >= 0.6 is 0 Å². The lowest BCUT2D eigenvalue weighted by Gasteiger charge is -2.36. The first-order valence-electron chi connectivity index (χ1n) is 7.30. The molecule has 1 unspecified atom stereocenters. The summed E-state index contributed by atoms with van der Waals surface area (Å²) in [5, 5.41) is 10.2. The van der Waals surface area contributed by atoms with Gasteiger partial charge in [0.15, 0.2) is 0 Å². The molecule has 0 aromatic carbocycles. The van der Waals surface area contributed by atoms with Crippen LogP contribution in [0.5, 0.6) is 0 Å². The molecule has 2 heterocycles. The number of hydrogen-bond acceptors (Lipinski definition) is 4. The second-order valence-electron chi connectivity index (χ2n) is 6.47. The van der Waals surface area contributed by atoms with E-state index < -0.39 is 5.60 Å². The van der Waals surface area contributed by atoms with E-state index in [0.717, 1.165) is 45.6 Å². The molecule has 0 aliphatic carbocycles. The fourth-order valence-electron chi connectivity index (χ4n) is 3.14. The van der Waals surface area contributed by atoms with Crippen molar-refractivity contribution in [3.05, 3.63) is 0 Å². The summed E-state index contributed by atoms with van der Waals surface area (Å²) in [7, 11) is 2.09. The van der Waals surface area contributed by atoms with Crippen molar-refractivity contribution >= 4 is 5.91 Å². The van der Waals surface area contributed by atoms with Crippen LogP contribution in [-0.2, 0) is 4.79 Å². The monoisotopic (exact) mass is 269 g/mol. The van der Waals surface area contributed by atoms with E-state index in [1.54, 1.807) is 0 Å². The average Bonchev–Trinajstić information content (AvgIpc) is 2.77. The number of hydrogen-bond donors (Lipinski definition) is 1. The van der Waals surface area contributed by atoms with Crippen molar-refractivity contribution in [2.75, 3.05) is 46.3 Å². The Bertz CT molecular complexity index is 319. The number of carbonyl (C=O) groups is 1. The third kappa shape index (κ3) is 3.68. The number of likely N-dealkylation sites (tertiary alicyclic amines) is 1. The van der Waals surface area contributed by atoms with E-state index >= 15 is 0 Å². The molecule has 1 atom stereocenters. The van der Waals surface area contributed by atoms with Crippen LogP contribution in [0.4, 0.5) is 0 Å². The molecule has 0 radical (unpaired) electrons. The molecule has 2 aliphatic rings. The van der Waals surface area contributed by atoms with Gasteiger partial charge in [-0.15, -0.1) is 0 Å². The predicted molar refractivity (Wildman–Crippen MR) is 75.0 cm³/mol. The highest BCUT2D eigenvalue weighted by atomic mass is 16.3. The Morgan fingerprint density at radius 3 is 2.42 bits per heavy atom. The molecule has 5 nitrogen and oxygen atoms in total. The summed E-state index contributed by atoms with van der Waals surface area (Å²) < 4.78 is 0. The summed E-state index contributed by atoms with van der Waals surface area (Å²) in [4.78, 5) is 18.7. The molecular weight excluding hydrogens is 242 g/mol. The molecule has 110 valence electrons. The van der Waals surface area contributed by atoms with Gasteiger partial charge >= 0.3 is 0 Å². The minimum absolute atomic E-state index is 0.115. The van der Waals surface area contributed by atoms with Gasteiger partial charge in [-0.05, 0) is 40.3 Å². The van der Waals surface area contributed by atoms with Crippen LogP contribution in [0.15, 0.2) is 0 Å². The second-order valence-corrected chi connectivity index (χ2v) is 6.47. The maximum atomic E-state index is 12.3. The van der Waals surface area contributed by atoms with E-state index in [2.05, 4.69) is 16.8 Å². The maximum absolute atomic E-state index is 12.3. The molecular formula is C14H27N3O2. The normalized spacial score (nSPS) is 26.9. The highest BCUT2D eigenvalue weighted by Crippen LogP contribution is 2.26. The molecule has 19 heavy (non-hydrogen) atoms. The fourth-order valence-corrected chi connectivity index (χ4v) is 3.14. The Balaban J connectivity index is 1.88. The Hall–Kier alpha value is -0.650. The molecule has 0 saturated carbocycles. The average molecular weight is 269 g/mol. The van der Waals surface area contributed by atoms with E-state index in [0.29, 0.717) is 6.54 Å². The van der Waals surface area contributed by atoms with Crippen LogP contribution in [0.1, 0.15) is 26.7 Å². The first kappa shape index (κ1) is 14.8. The number of rotatable bonds is 3. The molecule has 0 aromatic rings. The molecule has 2 fully saturated rings. The minimum atomic E-state index is -0.723. The number of piperazine rings is 1. The molecule has 2 rings (SSSR count). The summed E-state index contributed by atoms with van der Waals surface area (Å²) >= 11 is 0. The van der Waals surface area contributed by atoms with Gasteiger partial charge in [0, 0.05) is 32.2 Å². The lowest BCUT2D eigenvalue weighted by Crippen LogP contribution is -2.53. The van der Waals surface area contributed by atoms with Gasteiger partial charge in [0.05, 0.1) is 12.1 Å². The minimum Gasteiger partial charge on any atom is -0.389 e. The molecule has 1 N–H and O–H groups in total. The van der Waals surface area contributed by atoms with Gasteiger partial charge in [-0.2, -0.15) is 0 Å².